The summed E-state index contributed by atoms with van der Waals surface area (Å²) in [7, 11) is 0. The maximum absolute atomic E-state index is 13.1. The summed E-state index contributed by atoms with van der Waals surface area (Å²) >= 11 is 11.9. The molecule has 1 aliphatic rings. The molecule has 26 heavy (non-hydrogen) atoms. The zero-order chi connectivity index (χ0) is 18.8. The topological polar surface area (TPSA) is 53.5 Å². The van der Waals surface area contributed by atoms with Gasteiger partial charge in [-0.05, 0) is 43.7 Å². The van der Waals surface area contributed by atoms with Crippen molar-refractivity contribution < 1.29 is 9.59 Å². The highest BCUT2D eigenvalue weighted by Gasteiger charge is 2.41. The summed E-state index contributed by atoms with van der Waals surface area (Å²) < 4.78 is 0. The molecule has 2 heterocycles. The lowest BCUT2D eigenvalue weighted by molar-refractivity contribution is -0.158. The van der Waals surface area contributed by atoms with E-state index in [9.17, 15) is 9.59 Å². The summed E-state index contributed by atoms with van der Waals surface area (Å²) in [5.74, 6) is -0.217. The van der Waals surface area contributed by atoms with E-state index in [-0.39, 0.29) is 30.9 Å². The van der Waals surface area contributed by atoms with E-state index < -0.39 is 6.04 Å². The second-order valence-electron chi connectivity index (χ2n) is 6.50. The molecule has 0 saturated carbocycles. The Balaban J connectivity index is 1.98. The van der Waals surface area contributed by atoms with Crippen molar-refractivity contribution in [3.05, 3.63) is 63.9 Å². The summed E-state index contributed by atoms with van der Waals surface area (Å²) in [4.78, 5) is 33.4. The first-order valence-corrected chi connectivity index (χ1v) is 9.08. The number of carbonyl (C=O) groups is 2. The molecule has 5 nitrogen and oxygen atoms in total. The van der Waals surface area contributed by atoms with Gasteiger partial charge in [0.1, 0.15) is 12.6 Å². The second kappa shape index (κ2) is 7.64. The molecule has 2 aromatic rings. The molecule has 0 aliphatic carbocycles. The van der Waals surface area contributed by atoms with Gasteiger partial charge in [-0.2, -0.15) is 0 Å². The minimum absolute atomic E-state index is 0.0583. The van der Waals surface area contributed by atoms with Crippen LogP contribution >= 0.6 is 23.2 Å². The summed E-state index contributed by atoms with van der Waals surface area (Å²) in [6.45, 7) is 4.11. The van der Waals surface area contributed by atoms with Crippen molar-refractivity contribution in [3.63, 3.8) is 0 Å². The molecule has 136 valence electrons. The molecule has 2 amide bonds. The normalized spacial score (nSPS) is 18.0. The standard InChI is InChI=1S/C19H19Cl2N3O2/c1-12(2)23-11-17(25)24(10-16-8-7-15(21)9-22-16)18(19(23)26)13-3-5-14(20)6-4-13/h3-9,12,18H,10-11H2,1-2H3. The molecule has 1 aromatic heterocycles. The van der Waals surface area contributed by atoms with Crippen LogP contribution < -0.4 is 0 Å². The lowest BCUT2D eigenvalue weighted by Gasteiger charge is -2.42. The Hall–Kier alpha value is -2.11. The third-order valence-corrected chi connectivity index (χ3v) is 4.86. The van der Waals surface area contributed by atoms with Gasteiger partial charge < -0.3 is 9.80 Å². The van der Waals surface area contributed by atoms with Crippen LogP contribution in [0.5, 0.6) is 0 Å². The van der Waals surface area contributed by atoms with Gasteiger partial charge in [0, 0.05) is 17.3 Å². The fourth-order valence-electron chi connectivity index (χ4n) is 3.01. The number of amides is 2. The number of nitrogens with zero attached hydrogens (tertiary/aromatic N) is 3. The smallest absolute Gasteiger partial charge is 0.250 e. The van der Waals surface area contributed by atoms with Gasteiger partial charge in [0.15, 0.2) is 0 Å². The zero-order valence-corrected chi connectivity index (χ0v) is 16.0. The number of halogens is 2. The van der Waals surface area contributed by atoms with Gasteiger partial charge in [-0.1, -0.05) is 35.3 Å². The summed E-state index contributed by atoms with van der Waals surface area (Å²) in [6, 6.07) is 9.73. The van der Waals surface area contributed by atoms with Crippen LogP contribution in [0.4, 0.5) is 0 Å². The average Bonchev–Trinajstić information content (AvgIpc) is 2.61. The number of rotatable bonds is 4. The van der Waals surface area contributed by atoms with Crippen molar-refractivity contribution in [2.75, 3.05) is 6.54 Å². The lowest BCUT2D eigenvalue weighted by atomic mass is 9.99. The van der Waals surface area contributed by atoms with Crippen LogP contribution in [0.15, 0.2) is 42.6 Å². The molecule has 1 atom stereocenters. The van der Waals surface area contributed by atoms with Crippen LogP contribution in [0.2, 0.25) is 10.0 Å². The third-order valence-electron chi connectivity index (χ3n) is 4.38. The molecule has 3 rings (SSSR count). The Morgan fingerprint density at radius 2 is 1.73 bits per heavy atom. The van der Waals surface area contributed by atoms with Gasteiger partial charge in [0.05, 0.1) is 17.3 Å². The van der Waals surface area contributed by atoms with Crippen molar-refractivity contribution >= 4 is 35.0 Å². The molecule has 0 radical (unpaired) electrons. The van der Waals surface area contributed by atoms with Crippen LogP contribution in [0.3, 0.4) is 0 Å². The van der Waals surface area contributed by atoms with Gasteiger partial charge in [-0.25, -0.2) is 0 Å². The first kappa shape index (κ1) is 18.7. The van der Waals surface area contributed by atoms with Gasteiger partial charge >= 0.3 is 0 Å². The largest absolute Gasteiger partial charge is 0.329 e. The Bertz CT molecular complexity index is 807. The zero-order valence-electron chi connectivity index (χ0n) is 14.5. The molecule has 0 bridgehead atoms. The predicted molar refractivity (Wildman–Crippen MR) is 101 cm³/mol. The third kappa shape index (κ3) is 3.84. The molecular weight excluding hydrogens is 373 g/mol. The highest BCUT2D eigenvalue weighted by molar-refractivity contribution is 6.30. The molecule has 1 aliphatic heterocycles. The maximum atomic E-state index is 13.1. The number of pyridine rings is 1. The molecule has 1 saturated heterocycles. The lowest BCUT2D eigenvalue weighted by Crippen LogP contribution is -2.57. The van der Waals surface area contributed by atoms with Gasteiger partial charge in [-0.3, -0.25) is 14.6 Å². The van der Waals surface area contributed by atoms with Crippen LogP contribution in [0.25, 0.3) is 0 Å². The summed E-state index contributed by atoms with van der Waals surface area (Å²) in [6.07, 6.45) is 1.53. The quantitative estimate of drug-likeness (QED) is 0.797. The van der Waals surface area contributed by atoms with Crippen LogP contribution in [-0.2, 0) is 16.1 Å². The Labute approximate surface area is 162 Å². The van der Waals surface area contributed by atoms with Crippen molar-refractivity contribution in [2.24, 2.45) is 0 Å². The number of hydrogen-bond acceptors (Lipinski definition) is 3. The molecular formula is C19H19Cl2N3O2. The fraction of sp³-hybridized carbons (Fsp3) is 0.316. The van der Waals surface area contributed by atoms with Crippen LogP contribution in [-0.4, -0.2) is 39.2 Å². The number of piperazine rings is 1. The summed E-state index contributed by atoms with van der Waals surface area (Å²) in [5, 5.41) is 1.10. The minimum Gasteiger partial charge on any atom is -0.329 e. The Kier molecular flexibility index (Phi) is 5.49. The monoisotopic (exact) mass is 391 g/mol. The van der Waals surface area contributed by atoms with Crippen LogP contribution in [0.1, 0.15) is 31.1 Å². The highest BCUT2D eigenvalue weighted by atomic mass is 35.5. The van der Waals surface area contributed by atoms with E-state index in [1.54, 1.807) is 46.2 Å². The summed E-state index contributed by atoms with van der Waals surface area (Å²) in [5.41, 5.74) is 1.40. The van der Waals surface area contributed by atoms with Gasteiger partial charge in [0.2, 0.25) is 5.91 Å². The fourth-order valence-corrected chi connectivity index (χ4v) is 3.25. The van der Waals surface area contributed by atoms with Crippen LogP contribution in [0, 0.1) is 0 Å². The van der Waals surface area contributed by atoms with Gasteiger partial charge in [-0.15, -0.1) is 0 Å². The molecule has 0 N–H and O–H groups in total. The second-order valence-corrected chi connectivity index (χ2v) is 7.38. The molecule has 1 unspecified atom stereocenters. The Morgan fingerprint density at radius 3 is 2.31 bits per heavy atom. The van der Waals surface area contributed by atoms with Crippen molar-refractivity contribution in [1.82, 2.24) is 14.8 Å². The van der Waals surface area contributed by atoms with E-state index in [0.29, 0.717) is 15.7 Å². The van der Waals surface area contributed by atoms with Crippen molar-refractivity contribution in [2.45, 2.75) is 32.5 Å². The van der Waals surface area contributed by atoms with Crippen molar-refractivity contribution in [1.29, 1.82) is 0 Å². The average molecular weight is 392 g/mol. The first-order valence-electron chi connectivity index (χ1n) is 8.32. The van der Waals surface area contributed by atoms with E-state index in [4.69, 9.17) is 23.2 Å². The molecule has 0 spiro atoms. The van der Waals surface area contributed by atoms with E-state index >= 15 is 0 Å². The first-order chi connectivity index (χ1) is 12.4. The molecule has 7 heteroatoms. The number of benzene rings is 1. The molecule has 1 aromatic carbocycles. The highest BCUT2D eigenvalue weighted by Crippen LogP contribution is 2.30. The van der Waals surface area contributed by atoms with E-state index in [2.05, 4.69) is 4.98 Å². The SMILES string of the molecule is CC(C)N1CC(=O)N(Cc2ccc(Cl)cn2)C(c2ccc(Cl)cc2)C1=O. The number of aromatic nitrogens is 1. The molecule has 1 fully saturated rings. The number of hydrogen-bond donors (Lipinski definition) is 0. The predicted octanol–water partition coefficient (Wildman–Crippen LogP) is 3.71. The maximum Gasteiger partial charge on any atom is 0.250 e. The Morgan fingerprint density at radius 1 is 1.08 bits per heavy atom. The number of carbonyl (C=O) groups excluding carboxylic acids is 2. The van der Waals surface area contributed by atoms with Gasteiger partial charge in [0.25, 0.3) is 5.91 Å². The van der Waals surface area contributed by atoms with E-state index in [1.165, 1.54) is 6.20 Å². The minimum atomic E-state index is -0.701. The van der Waals surface area contributed by atoms with E-state index in [1.807, 2.05) is 13.8 Å². The van der Waals surface area contributed by atoms with Crippen molar-refractivity contribution in [3.8, 4) is 0 Å². The van der Waals surface area contributed by atoms with E-state index in [0.717, 1.165) is 5.56 Å².